The Kier molecular flexibility index (Phi) is 4.12. The van der Waals surface area contributed by atoms with Gasteiger partial charge in [-0.25, -0.2) is 0 Å². The Hall–Kier alpha value is -2.67. The van der Waals surface area contributed by atoms with Gasteiger partial charge in [0.05, 0.1) is 5.69 Å². The zero-order valence-corrected chi connectivity index (χ0v) is 13.4. The number of benzene rings is 1. The van der Waals surface area contributed by atoms with Gasteiger partial charge in [-0.05, 0) is 32.0 Å². The number of aromatic nitrogens is 5. The lowest BCUT2D eigenvalue weighted by molar-refractivity contribution is 0.102. The van der Waals surface area contributed by atoms with Crippen molar-refractivity contribution in [1.29, 1.82) is 0 Å². The molecule has 0 saturated heterocycles. The van der Waals surface area contributed by atoms with Gasteiger partial charge >= 0.3 is 0 Å². The zero-order valence-electron chi connectivity index (χ0n) is 12.7. The van der Waals surface area contributed by atoms with Crippen molar-refractivity contribution >= 4 is 23.2 Å². The molecule has 8 heteroatoms. The van der Waals surface area contributed by atoms with Gasteiger partial charge in [-0.2, -0.15) is 5.10 Å². The summed E-state index contributed by atoms with van der Waals surface area (Å²) in [4.78, 5) is 12.5. The Bertz CT molecular complexity index is 840. The molecule has 2 heterocycles. The molecule has 0 fully saturated rings. The number of hydrogen-bond acceptors (Lipinski definition) is 4. The first-order valence-electron chi connectivity index (χ1n) is 7.09. The molecule has 1 N–H and O–H groups in total. The van der Waals surface area contributed by atoms with E-state index in [1.165, 1.54) is 12.7 Å². The quantitative estimate of drug-likeness (QED) is 0.797. The Morgan fingerprint density at radius 1 is 1.30 bits per heavy atom. The molecule has 0 radical (unpaired) electrons. The summed E-state index contributed by atoms with van der Waals surface area (Å²) in [6.45, 7) is 4.57. The van der Waals surface area contributed by atoms with Crippen molar-refractivity contribution in [2.45, 2.75) is 20.4 Å². The van der Waals surface area contributed by atoms with Crippen LogP contribution in [-0.4, -0.2) is 30.5 Å². The average molecular weight is 331 g/mol. The first-order valence-corrected chi connectivity index (χ1v) is 7.47. The fourth-order valence-corrected chi connectivity index (χ4v) is 2.48. The van der Waals surface area contributed by atoms with Crippen LogP contribution in [0.1, 0.15) is 23.0 Å². The second-order valence-corrected chi connectivity index (χ2v) is 5.37. The molecule has 0 spiro atoms. The molecule has 7 nitrogen and oxygen atoms in total. The summed E-state index contributed by atoms with van der Waals surface area (Å²) in [5.41, 5.74) is 1.96. The van der Waals surface area contributed by atoms with E-state index >= 15 is 0 Å². The number of nitrogens with one attached hydrogen (secondary N) is 1. The van der Waals surface area contributed by atoms with Crippen LogP contribution >= 0.6 is 11.6 Å². The van der Waals surface area contributed by atoms with Crippen molar-refractivity contribution in [2.75, 3.05) is 5.32 Å². The molecule has 0 aliphatic heterocycles. The van der Waals surface area contributed by atoms with Crippen molar-refractivity contribution in [3.8, 4) is 5.82 Å². The highest BCUT2D eigenvalue weighted by Crippen LogP contribution is 2.24. The van der Waals surface area contributed by atoms with E-state index in [-0.39, 0.29) is 5.91 Å². The number of hydrogen-bond donors (Lipinski definition) is 1. The summed E-state index contributed by atoms with van der Waals surface area (Å²) in [7, 11) is 0. The van der Waals surface area contributed by atoms with E-state index < -0.39 is 0 Å². The topological polar surface area (TPSA) is 77.6 Å². The lowest BCUT2D eigenvalue weighted by Gasteiger charge is -2.07. The summed E-state index contributed by atoms with van der Waals surface area (Å²) >= 11 is 5.95. The van der Waals surface area contributed by atoms with Crippen molar-refractivity contribution in [1.82, 2.24) is 24.5 Å². The van der Waals surface area contributed by atoms with Gasteiger partial charge in [-0.15, -0.1) is 10.2 Å². The van der Waals surface area contributed by atoms with Crippen LogP contribution in [0.5, 0.6) is 0 Å². The van der Waals surface area contributed by atoms with Crippen LogP contribution in [0.4, 0.5) is 5.69 Å². The second-order valence-electron chi connectivity index (χ2n) is 4.93. The van der Waals surface area contributed by atoms with E-state index in [0.717, 1.165) is 5.69 Å². The van der Waals surface area contributed by atoms with Gasteiger partial charge in [0.25, 0.3) is 5.91 Å². The van der Waals surface area contributed by atoms with Crippen LogP contribution in [0.3, 0.4) is 0 Å². The molecule has 2 aromatic heterocycles. The SMILES string of the molecule is CCn1nc(-n2cnnc2)c(NC(=O)c2cccc(Cl)c2)c1C. The van der Waals surface area contributed by atoms with Crippen molar-refractivity contribution in [3.63, 3.8) is 0 Å². The molecule has 0 aliphatic rings. The monoisotopic (exact) mass is 330 g/mol. The highest BCUT2D eigenvalue weighted by atomic mass is 35.5. The van der Waals surface area contributed by atoms with Crippen LogP contribution in [0.15, 0.2) is 36.9 Å². The molecule has 3 aromatic rings. The summed E-state index contributed by atoms with van der Waals surface area (Å²) in [5.74, 6) is 0.324. The number of nitrogens with zero attached hydrogens (tertiary/aromatic N) is 5. The van der Waals surface area contributed by atoms with Gasteiger partial charge in [0.15, 0.2) is 5.82 Å². The van der Waals surface area contributed by atoms with Crippen LogP contribution in [0.25, 0.3) is 5.82 Å². The summed E-state index contributed by atoms with van der Waals surface area (Å²) in [6.07, 6.45) is 3.08. The van der Waals surface area contributed by atoms with E-state index in [1.54, 1.807) is 28.8 Å². The maximum absolute atomic E-state index is 12.5. The average Bonchev–Trinajstić information content (AvgIpc) is 3.16. The standard InChI is InChI=1S/C15H15ClN6O/c1-3-22-10(2)13(14(20-22)21-8-17-18-9-21)19-15(23)11-5-4-6-12(16)7-11/h4-9H,3H2,1-2H3,(H,19,23). The van der Waals surface area contributed by atoms with Gasteiger partial charge in [0, 0.05) is 17.1 Å². The van der Waals surface area contributed by atoms with Crippen LogP contribution in [-0.2, 0) is 6.54 Å². The van der Waals surface area contributed by atoms with Gasteiger partial charge in [-0.1, -0.05) is 17.7 Å². The van der Waals surface area contributed by atoms with E-state index in [1.807, 2.05) is 18.5 Å². The number of halogens is 1. The first-order chi connectivity index (χ1) is 11.1. The van der Waals surface area contributed by atoms with E-state index in [4.69, 9.17) is 11.6 Å². The fraction of sp³-hybridized carbons (Fsp3) is 0.200. The maximum Gasteiger partial charge on any atom is 0.255 e. The summed E-state index contributed by atoms with van der Waals surface area (Å²) in [6, 6.07) is 6.79. The number of amides is 1. The summed E-state index contributed by atoms with van der Waals surface area (Å²) < 4.78 is 3.47. The Labute approximate surface area is 137 Å². The molecule has 3 rings (SSSR count). The van der Waals surface area contributed by atoms with E-state index in [0.29, 0.717) is 28.6 Å². The van der Waals surface area contributed by atoms with E-state index in [9.17, 15) is 4.79 Å². The van der Waals surface area contributed by atoms with Crippen LogP contribution in [0.2, 0.25) is 5.02 Å². The minimum absolute atomic E-state index is 0.249. The third kappa shape index (κ3) is 2.95. The Morgan fingerprint density at radius 3 is 2.70 bits per heavy atom. The molecule has 0 bridgehead atoms. The zero-order chi connectivity index (χ0) is 16.4. The third-order valence-electron chi connectivity index (χ3n) is 3.48. The van der Waals surface area contributed by atoms with Crippen molar-refractivity contribution in [2.24, 2.45) is 0 Å². The lowest BCUT2D eigenvalue weighted by Crippen LogP contribution is -2.14. The first kappa shape index (κ1) is 15.2. The molecule has 1 aromatic carbocycles. The predicted molar refractivity (Wildman–Crippen MR) is 87.0 cm³/mol. The maximum atomic E-state index is 12.5. The molecular weight excluding hydrogens is 316 g/mol. The molecule has 1 amide bonds. The second kappa shape index (κ2) is 6.21. The minimum Gasteiger partial charge on any atom is -0.317 e. The summed E-state index contributed by atoms with van der Waals surface area (Å²) in [5, 5.41) is 15.5. The minimum atomic E-state index is -0.249. The Balaban J connectivity index is 1.99. The van der Waals surface area contributed by atoms with Crippen molar-refractivity contribution in [3.05, 3.63) is 53.2 Å². The molecule has 118 valence electrons. The highest BCUT2D eigenvalue weighted by molar-refractivity contribution is 6.31. The van der Waals surface area contributed by atoms with Gasteiger partial charge in [-0.3, -0.25) is 14.0 Å². The number of anilines is 1. The molecule has 0 saturated carbocycles. The number of carbonyl (C=O) groups is 1. The van der Waals surface area contributed by atoms with Crippen LogP contribution in [0, 0.1) is 6.92 Å². The Morgan fingerprint density at radius 2 is 2.04 bits per heavy atom. The van der Waals surface area contributed by atoms with E-state index in [2.05, 4.69) is 20.6 Å². The molecule has 23 heavy (non-hydrogen) atoms. The van der Waals surface area contributed by atoms with Crippen LogP contribution < -0.4 is 5.32 Å². The largest absolute Gasteiger partial charge is 0.317 e. The predicted octanol–water partition coefficient (Wildman–Crippen LogP) is 2.70. The lowest BCUT2D eigenvalue weighted by atomic mass is 10.2. The smallest absolute Gasteiger partial charge is 0.255 e. The fourth-order valence-electron chi connectivity index (χ4n) is 2.29. The normalized spacial score (nSPS) is 10.7. The number of carbonyl (C=O) groups excluding carboxylic acids is 1. The van der Waals surface area contributed by atoms with Crippen molar-refractivity contribution < 1.29 is 4.79 Å². The molecule has 0 unspecified atom stereocenters. The number of aryl methyl sites for hydroxylation is 1. The number of rotatable bonds is 4. The molecular formula is C15H15ClN6O. The third-order valence-corrected chi connectivity index (χ3v) is 3.71. The van der Waals surface area contributed by atoms with Gasteiger partial charge in [0.2, 0.25) is 0 Å². The highest BCUT2D eigenvalue weighted by Gasteiger charge is 2.18. The van der Waals surface area contributed by atoms with Gasteiger partial charge < -0.3 is 5.32 Å². The molecule has 0 aliphatic carbocycles. The molecule has 0 atom stereocenters. The van der Waals surface area contributed by atoms with Gasteiger partial charge in [0.1, 0.15) is 18.3 Å².